The number of aliphatic hydroxyl groups is 1. The van der Waals surface area contributed by atoms with Crippen LogP contribution in [0.3, 0.4) is 0 Å². The van der Waals surface area contributed by atoms with Crippen LogP contribution in [0.25, 0.3) is 0 Å². The molecule has 0 aliphatic rings. The summed E-state index contributed by atoms with van der Waals surface area (Å²) in [4.78, 5) is 10.9. The van der Waals surface area contributed by atoms with Crippen LogP contribution in [0.5, 0.6) is 0 Å². The van der Waals surface area contributed by atoms with E-state index in [0.717, 1.165) is 38.5 Å². The van der Waals surface area contributed by atoms with Crippen LogP contribution >= 0.6 is 0 Å². The van der Waals surface area contributed by atoms with Crippen molar-refractivity contribution in [3.8, 4) is 0 Å². The predicted molar refractivity (Wildman–Crippen MR) is 74.5 cm³/mol. The smallest absolute Gasteiger partial charge is 0.305 e. The maximum Gasteiger partial charge on any atom is 0.305 e. The number of aliphatic hydroxyl groups excluding tert-OH is 1. The molecule has 0 heterocycles. The van der Waals surface area contributed by atoms with E-state index < -0.39 is 0 Å². The summed E-state index contributed by atoms with van der Waals surface area (Å²) in [5.41, 5.74) is 0. The molecule has 3 heteroatoms. The van der Waals surface area contributed by atoms with Crippen LogP contribution in [0.15, 0.2) is 0 Å². The van der Waals surface area contributed by atoms with Gasteiger partial charge in [0.2, 0.25) is 0 Å². The van der Waals surface area contributed by atoms with Gasteiger partial charge in [0, 0.05) is 6.42 Å². The van der Waals surface area contributed by atoms with Crippen LogP contribution < -0.4 is 0 Å². The number of unbranched alkanes of at least 4 members (excludes halogenated alkanes) is 6. The number of carbonyl (C=O) groups is 1. The molecule has 0 rings (SSSR count). The van der Waals surface area contributed by atoms with E-state index in [1.54, 1.807) is 0 Å². The Balaban J connectivity index is 3.21. The Morgan fingerprint density at radius 1 is 1.00 bits per heavy atom. The van der Waals surface area contributed by atoms with Gasteiger partial charge in [0.1, 0.15) is 0 Å². The molecule has 3 nitrogen and oxygen atoms in total. The molecular formula is C15H30O3. The molecule has 0 aromatic rings. The summed E-state index contributed by atoms with van der Waals surface area (Å²) in [6.45, 7) is 2.21. The summed E-state index contributed by atoms with van der Waals surface area (Å²) in [7, 11) is 1.42. The highest BCUT2D eigenvalue weighted by Crippen LogP contribution is 2.12. The lowest BCUT2D eigenvalue weighted by atomic mass is 10.0. The van der Waals surface area contributed by atoms with Gasteiger partial charge in [-0.3, -0.25) is 4.79 Å². The third kappa shape index (κ3) is 11.9. The Hall–Kier alpha value is -0.570. The summed E-state index contributed by atoms with van der Waals surface area (Å²) < 4.78 is 4.57. The fourth-order valence-corrected chi connectivity index (χ4v) is 2.06. The number of hydrogen-bond donors (Lipinski definition) is 1. The lowest BCUT2D eigenvalue weighted by molar-refractivity contribution is -0.140. The summed E-state index contributed by atoms with van der Waals surface area (Å²) in [6.07, 6.45) is 11.3. The van der Waals surface area contributed by atoms with Crippen LogP contribution in [0.2, 0.25) is 0 Å². The summed E-state index contributed by atoms with van der Waals surface area (Å²) >= 11 is 0. The second kappa shape index (κ2) is 12.9. The van der Waals surface area contributed by atoms with Gasteiger partial charge in [0.25, 0.3) is 0 Å². The summed E-state index contributed by atoms with van der Waals surface area (Å²) in [6, 6.07) is 0. The number of hydrogen-bond acceptors (Lipinski definition) is 3. The largest absolute Gasteiger partial charge is 0.469 e. The second-order valence-electron chi connectivity index (χ2n) is 5.03. The Morgan fingerprint density at radius 3 is 2.11 bits per heavy atom. The summed E-state index contributed by atoms with van der Waals surface area (Å²) in [5.74, 6) is -0.133. The zero-order chi connectivity index (χ0) is 13.6. The molecule has 18 heavy (non-hydrogen) atoms. The first kappa shape index (κ1) is 17.4. The minimum absolute atomic E-state index is 0.133. The van der Waals surface area contributed by atoms with Gasteiger partial charge < -0.3 is 9.84 Å². The molecule has 0 aliphatic carbocycles. The number of esters is 1. The first-order valence-electron chi connectivity index (χ1n) is 7.45. The van der Waals surface area contributed by atoms with E-state index in [1.165, 1.54) is 32.8 Å². The van der Waals surface area contributed by atoms with Crippen molar-refractivity contribution in [3.05, 3.63) is 0 Å². The zero-order valence-corrected chi connectivity index (χ0v) is 12.1. The van der Waals surface area contributed by atoms with Crippen molar-refractivity contribution in [1.82, 2.24) is 0 Å². The molecule has 0 aromatic carbocycles. The first-order valence-corrected chi connectivity index (χ1v) is 7.45. The van der Waals surface area contributed by atoms with Crippen molar-refractivity contribution in [1.29, 1.82) is 0 Å². The molecule has 0 fully saturated rings. The molecule has 1 unspecified atom stereocenters. The Morgan fingerprint density at radius 2 is 1.56 bits per heavy atom. The third-order valence-electron chi connectivity index (χ3n) is 3.29. The minimum atomic E-state index is -0.148. The van der Waals surface area contributed by atoms with Gasteiger partial charge in [0.05, 0.1) is 13.2 Å². The molecule has 1 N–H and O–H groups in total. The summed E-state index contributed by atoms with van der Waals surface area (Å²) in [5, 5.41) is 9.77. The van der Waals surface area contributed by atoms with Crippen molar-refractivity contribution >= 4 is 5.97 Å². The van der Waals surface area contributed by atoms with Crippen LogP contribution in [-0.2, 0) is 9.53 Å². The second-order valence-corrected chi connectivity index (χ2v) is 5.03. The molecular weight excluding hydrogens is 228 g/mol. The standard InChI is InChI=1S/C15H30O3/c1-3-4-5-6-8-11-14(16)12-9-7-10-13-15(17)18-2/h14,16H,3-13H2,1-2H3. The SMILES string of the molecule is CCCCCCCC(O)CCCCCC(=O)OC. The van der Waals surface area contributed by atoms with E-state index in [-0.39, 0.29) is 12.1 Å². The molecule has 0 aromatic heterocycles. The highest BCUT2D eigenvalue weighted by atomic mass is 16.5. The average Bonchev–Trinajstić information content (AvgIpc) is 2.37. The lowest BCUT2D eigenvalue weighted by Crippen LogP contribution is -2.06. The number of ether oxygens (including phenoxy) is 1. The quantitative estimate of drug-likeness (QED) is 0.427. The van der Waals surface area contributed by atoms with Crippen molar-refractivity contribution in [3.63, 3.8) is 0 Å². The van der Waals surface area contributed by atoms with Crippen LogP contribution in [0.4, 0.5) is 0 Å². The molecule has 0 spiro atoms. The fourth-order valence-electron chi connectivity index (χ4n) is 2.06. The normalized spacial score (nSPS) is 12.4. The molecule has 0 bridgehead atoms. The van der Waals surface area contributed by atoms with Gasteiger partial charge in [-0.15, -0.1) is 0 Å². The van der Waals surface area contributed by atoms with E-state index >= 15 is 0 Å². The van der Waals surface area contributed by atoms with Crippen molar-refractivity contribution in [2.24, 2.45) is 0 Å². The van der Waals surface area contributed by atoms with Crippen molar-refractivity contribution in [2.45, 2.75) is 83.7 Å². The predicted octanol–water partition coefficient (Wildman–Crippen LogP) is 3.83. The van der Waals surface area contributed by atoms with Crippen molar-refractivity contribution in [2.75, 3.05) is 7.11 Å². The maximum absolute atomic E-state index is 10.9. The van der Waals surface area contributed by atoms with Gasteiger partial charge >= 0.3 is 5.97 Å². The van der Waals surface area contributed by atoms with Crippen molar-refractivity contribution < 1.29 is 14.6 Å². The van der Waals surface area contributed by atoms with Gasteiger partial charge in [-0.1, -0.05) is 51.9 Å². The molecule has 0 aliphatic heterocycles. The highest BCUT2D eigenvalue weighted by Gasteiger charge is 2.04. The van der Waals surface area contributed by atoms with Crippen LogP contribution in [0, 0.1) is 0 Å². The molecule has 0 amide bonds. The van der Waals surface area contributed by atoms with E-state index in [1.807, 2.05) is 0 Å². The van der Waals surface area contributed by atoms with E-state index in [0.29, 0.717) is 6.42 Å². The molecule has 1 atom stereocenters. The number of methoxy groups -OCH3 is 1. The Bertz CT molecular complexity index is 192. The highest BCUT2D eigenvalue weighted by molar-refractivity contribution is 5.68. The fraction of sp³-hybridized carbons (Fsp3) is 0.933. The first-order chi connectivity index (χ1) is 8.70. The van der Waals surface area contributed by atoms with Gasteiger partial charge in [0.15, 0.2) is 0 Å². The maximum atomic E-state index is 10.9. The lowest BCUT2D eigenvalue weighted by Gasteiger charge is -2.09. The average molecular weight is 258 g/mol. The van der Waals surface area contributed by atoms with Gasteiger partial charge in [-0.25, -0.2) is 0 Å². The Labute approximate surface area is 112 Å². The molecule has 0 radical (unpaired) electrons. The van der Waals surface area contributed by atoms with Crippen LogP contribution in [0.1, 0.15) is 77.6 Å². The van der Waals surface area contributed by atoms with Gasteiger partial charge in [-0.05, 0) is 19.3 Å². The zero-order valence-electron chi connectivity index (χ0n) is 12.1. The van der Waals surface area contributed by atoms with E-state index in [2.05, 4.69) is 11.7 Å². The topological polar surface area (TPSA) is 46.5 Å². The monoisotopic (exact) mass is 258 g/mol. The number of rotatable bonds is 12. The third-order valence-corrected chi connectivity index (χ3v) is 3.29. The molecule has 0 saturated heterocycles. The molecule has 108 valence electrons. The number of carbonyl (C=O) groups excluding carboxylic acids is 1. The van der Waals surface area contributed by atoms with Gasteiger partial charge in [-0.2, -0.15) is 0 Å². The van der Waals surface area contributed by atoms with E-state index in [4.69, 9.17) is 0 Å². The molecule has 0 saturated carbocycles. The van der Waals surface area contributed by atoms with E-state index in [9.17, 15) is 9.90 Å². The minimum Gasteiger partial charge on any atom is -0.469 e. The Kier molecular flexibility index (Phi) is 12.5. The van der Waals surface area contributed by atoms with Crippen LogP contribution in [-0.4, -0.2) is 24.3 Å².